The molecule has 1 saturated heterocycles. The number of hydrogen-bond donors (Lipinski definition) is 0. The summed E-state index contributed by atoms with van der Waals surface area (Å²) in [6.07, 6.45) is 0.103. The molecule has 1 aromatic heterocycles. The summed E-state index contributed by atoms with van der Waals surface area (Å²) in [5, 5.41) is 7.70. The molecule has 0 spiro atoms. The summed E-state index contributed by atoms with van der Waals surface area (Å²) in [4.78, 5) is 46.6. The van der Waals surface area contributed by atoms with Crippen molar-refractivity contribution in [1.82, 2.24) is 15.0 Å². The molecular weight excluding hydrogens is 422 g/mol. The van der Waals surface area contributed by atoms with Gasteiger partial charge in [0.05, 0.1) is 13.3 Å². The lowest BCUT2D eigenvalue weighted by atomic mass is 9.96. The number of carbonyl (C=O) groups is 4. The van der Waals surface area contributed by atoms with E-state index >= 15 is 0 Å². The van der Waals surface area contributed by atoms with Crippen LogP contribution < -0.4 is 0 Å². The van der Waals surface area contributed by atoms with Crippen molar-refractivity contribution >= 4 is 35.6 Å². The maximum Gasteiger partial charge on any atom is 0.360 e. The Bertz CT molecular complexity index is 799. The largest absolute Gasteiger partial charge is 0.464 e. The molecule has 5 atom stereocenters. The first-order chi connectivity index (χ1) is 14.2. The van der Waals surface area contributed by atoms with E-state index in [4.69, 9.17) is 18.9 Å². The van der Waals surface area contributed by atoms with Gasteiger partial charge in [-0.1, -0.05) is 5.21 Å². The fourth-order valence-corrected chi connectivity index (χ4v) is 3.73. The van der Waals surface area contributed by atoms with E-state index in [1.54, 1.807) is 6.26 Å². The molecule has 0 N–H and O–H groups in total. The number of esters is 4. The van der Waals surface area contributed by atoms with Crippen LogP contribution in [0.2, 0.25) is 0 Å². The van der Waals surface area contributed by atoms with Gasteiger partial charge in [-0.25, -0.2) is 9.48 Å². The average molecular weight is 445 g/mol. The van der Waals surface area contributed by atoms with Crippen LogP contribution in [-0.2, 0) is 38.1 Å². The molecule has 1 aliphatic heterocycles. The van der Waals surface area contributed by atoms with Crippen molar-refractivity contribution in [2.45, 2.75) is 50.6 Å². The van der Waals surface area contributed by atoms with Gasteiger partial charge in [0.2, 0.25) is 0 Å². The van der Waals surface area contributed by atoms with Gasteiger partial charge in [-0.2, -0.15) is 0 Å². The van der Waals surface area contributed by atoms with E-state index in [9.17, 15) is 19.2 Å². The van der Waals surface area contributed by atoms with E-state index in [-0.39, 0.29) is 12.3 Å². The number of carbonyl (C=O) groups excluding carboxylic acids is 4. The molecule has 0 bridgehead atoms. The minimum absolute atomic E-state index is 0.0932. The third-order valence-corrected chi connectivity index (χ3v) is 4.96. The summed E-state index contributed by atoms with van der Waals surface area (Å²) in [6, 6.07) is -0.921. The maximum absolute atomic E-state index is 11.8. The number of thioether (sulfide) groups is 1. The minimum Gasteiger partial charge on any atom is -0.464 e. The Balaban J connectivity index is 2.52. The third kappa shape index (κ3) is 5.69. The van der Waals surface area contributed by atoms with Gasteiger partial charge in [0, 0.05) is 20.8 Å². The molecule has 12 nitrogen and oxygen atoms in total. The number of hydrogen-bond acceptors (Lipinski definition) is 12. The fraction of sp³-hybridized carbons (Fsp3) is 0.647. The first-order valence-corrected chi connectivity index (χ1v) is 10.1. The van der Waals surface area contributed by atoms with Crippen LogP contribution in [-0.4, -0.2) is 82.6 Å². The summed E-state index contributed by atoms with van der Waals surface area (Å²) in [5.41, 5.74) is -0.804. The van der Waals surface area contributed by atoms with Crippen LogP contribution in [0.1, 0.15) is 37.3 Å². The van der Waals surface area contributed by atoms with Gasteiger partial charge >= 0.3 is 23.9 Å². The summed E-state index contributed by atoms with van der Waals surface area (Å²) < 4.78 is 27.8. The lowest BCUT2D eigenvalue weighted by molar-refractivity contribution is -0.212. The monoisotopic (exact) mass is 445 g/mol. The normalized spacial score (nSPS) is 25.8. The van der Waals surface area contributed by atoms with Gasteiger partial charge in [-0.3, -0.25) is 14.4 Å². The first kappa shape index (κ1) is 23.6. The molecule has 2 rings (SSSR count). The second-order valence-corrected chi connectivity index (χ2v) is 7.23. The van der Waals surface area contributed by atoms with Gasteiger partial charge < -0.3 is 23.7 Å². The molecule has 1 aliphatic rings. The SMILES string of the molecule is COC(=O)c1cn([C@@H]2C(OC(C)=O)[C@H](SC)OC(COC(C)=O)[C@@H]2OC(C)=O)nn1. The average Bonchev–Trinajstić information content (AvgIpc) is 3.15. The minimum atomic E-state index is -1.07. The maximum atomic E-state index is 11.8. The third-order valence-electron chi connectivity index (χ3n) is 4.11. The van der Waals surface area contributed by atoms with E-state index in [0.29, 0.717) is 0 Å². The highest BCUT2D eigenvalue weighted by Gasteiger charge is 2.51. The molecule has 0 aromatic carbocycles. The van der Waals surface area contributed by atoms with E-state index in [0.717, 1.165) is 0 Å². The quantitative estimate of drug-likeness (QED) is 0.415. The van der Waals surface area contributed by atoms with Crippen LogP contribution in [0, 0.1) is 0 Å². The molecule has 0 amide bonds. The zero-order valence-corrected chi connectivity index (χ0v) is 17.9. The zero-order chi connectivity index (χ0) is 22.4. The van der Waals surface area contributed by atoms with Gasteiger partial charge in [0.15, 0.2) is 17.9 Å². The molecule has 0 radical (unpaired) electrons. The molecule has 166 valence electrons. The number of ether oxygens (including phenoxy) is 5. The molecule has 0 saturated carbocycles. The predicted molar refractivity (Wildman–Crippen MR) is 100 cm³/mol. The van der Waals surface area contributed by atoms with E-state index in [1.165, 1.54) is 50.5 Å². The number of aromatic nitrogens is 3. The number of methoxy groups -OCH3 is 1. The van der Waals surface area contributed by atoms with Crippen LogP contribution in [0.4, 0.5) is 0 Å². The Morgan fingerprint density at radius 1 is 1.10 bits per heavy atom. The summed E-state index contributed by atoms with van der Waals surface area (Å²) in [6.45, 7) is 3.44. The molecule has 13 heteroatoms. The van der Waals surface area contributed by atoms with Crippen LogP contribution in [0.25, 0.3) is 0 Å². The van der Waals surface area contributed by atoms with Crippen molar-refractivity contribution in [3.05, 3.63) is 11.9 Å². The van der Waals surface area contributed by atoms with Crippen molar-refractivity contribution in [2.75, 3.05) is 20.0 Å². The smallest absolute Gasteiger partial charge is 0.360 e. The van der Waals surface area contributed by atoms with Crippen LogP contribution >= 0.6 is 11.8 Å². The molecular formula is C17H23N3O9S. The van der Waals surface area contributed by atoms with Crippen molar-refractivity contribution in [3.63, 3.8) is 0 Å². The van der Waals surface area contributed by atoms with E-state index < -0.39 is 53.7 Å². The van der Waals surface area contributed by atoms with Crippen LogP contribution in [0.5, 0.6) is 0 Å². The topological polar surface area (TPSA) is 145 Å². The highest BCUT2D eigenvalue weighted by atomic mass is 32.2. The van der Waals surface area contributed by atoms with Crippen molar-refractivity contribution in [3.8, 4) is 0 Å². The van der Waals surface area contributed by atoms with Gasteiger partial charge in [-0.15, -0.1) is 16.9 Å². The Labute approximate surface area is 176 Å². The molecule has 30 heavy (non-hydrogen) atoms. The second-order valence-electron chi connectivity index (χ2n) is 6.30. The molecule has 1 fully saturated rings. The van der Waals surface area contributed by atoms with E-state index in [2.05, 4.69) is 15.0 Å². The predicted octanol–water partition coefficient (Wildman–Crippen LogP) is 0.120. The highest BCUT2D eigenvalue weighted by Crippen LogP contribution is 2.38. The summed E-state index contributed by atoms with van der Waals surface area (Å²) >= 11 is 1.24. The van der Waals surface area contributed by atoms with Gasteiger partial charge in [-0.05, 0) is 6.26 Å². The van der Waals surface area contributed by atoms with Crippen molar-refractivity contribution in [1.29, 1.82) is 0 Å². The van der Waals surface area contributed by atoms with Gasteiger partial charge in [0.1, 0.15) is 24.2 Å². The van der Waals surface area contributed by atoms with Crippen LogP contribution in [0.3, 0.4) is 0 Å². The Morgan fingerprint density at radius 3 is 2.27 bits per heavy atom. The lowest BCUT2D eigenvalue weighted by Crippen LogP contribution is -2.57. The van der Waals surface area contributed by atoms with Crippen molar-refractivity contribution < 1.29 is 42.9 Å². The number of rotatable bonds is 7. The van der Waals surface area contributed by atoms with Gasteiger partial charge in [0.25, 0.3) is 0 Å². The fourth-order valence-electron chi connectivity index (χ4n) is 2.99. The summed E-state index contributed by atoms with van der Waals surface area (Å²) in [7, 11) is 1.19. The zero-order valence-electron chi connectivity index (χ0n) is 17.1. The molecule has 2 unspecified atom stereocenters. The molecule has 2 heterocycles. The lowest BCUT2D eigenvalue weighted by Gasteiger charge is -2.44. The number of nitrogens with zero attached hydrogens (tertiary/aromatic N) is 3. The van der Waals surface area contributed by atoms with Crippen LogP contribution in [0.15, 0.2) is 6.20 Å². The standard InChI is InChI=1S/C17H23N3O9S/c1-8(21)26-7-12-14(27-9(2)22)13(15(28-10(3)23)17(29-12)30-5)20-6-11(18-19-20)16(24)25-4/h6,12-15,17H,7H2,1-5H3/t12?,13-,14-,15?,17-/m0/s1. The Morgan fingerprint density at radius 2 is 1.73 bits per heavy atom. The van der Waals surface area contributed by atoms with Crippen molar-refractivity contribution in [2.24, 2.45) is 0 Å². The first-order valence-electron chi connectivity index (χ1n) is 8.84. The summed E-state index contributed by atoms with van der Waals surface area (Å²) in [5.74, 6) is -2.51. The second kappa shape index (κ2) is 10.4. The molecule has 1 aromatic rings. The van der Waals surface area contributed by atoms with E-state index in [1.807, 2.05) is 0 Å². The molecule has 0 aliphatic carbocycles. The highest BCUT2D eigenvalue weighted by molar-refractivity contribution is 7.99. The Kier molecular flexibility index (Phi) is 8.17. The Hall–Kier alpha value is -2.67.